The summed E-state index contributed by atoms with van der Waals surface area (Å²) in [5.74, 6) is -0.843. The van der Waals surface area contributed by atoms with Gasteiger partial charge >= 0.3 is 17.9 Å². The summed E-state index contributed by atoms with van der Waals surface area (Å²) in [6.07, 6.45) is 65.8. The van der Waals surface area contributed by atoms with Crippen LogP contribution in [0.1, 0.15) is 361 Å². The predicted octanol–water partition coefficient (Wildman–Crippen LogP) is 20.7. The lowest BCUT2D eigenvalue weighted by Gasteiger charge is -2.18. The van der Waals surface area contributed by atoms with Crippen LogP contribution in [0.3, 0.4) is 0 Å². The summed E-state index contributed by atoms with van der Waals surface area (Å²) in [7, 11) is 0. The van der Waals surface area contributed by atoms with E-state index in [0.717, 1.165) is 57.8 Å². The summed E-state index contributed by atoms with van der Waals surface area (Å²) < 4.78 is 16.8. The zero-order valence-electron chi connectivity index (χ0n) is 46.4. The van der Waals surface area contributed by atoms with E-state index in [9.17, 15) is 14.4 Å². The van der Waals surface area contributed by atoms with Crippen molar-refractivity contribution in [1.82, 2.24) is 0 Å². The zero-order chi connectivity index (χ0) is 49.3. The van der Waals surface area contributed by atoms with Gasteiger partial charge < -0.3 is 14.2 Å². The standard InChI is InChI=1S/C62H120O6/c1-4-7-10-13-16-18-20-22-23-24-25-26-27-28-29-30-31-32-33-34-35-36-37-38-40-41-43-46-49-52-55-61(64)67-58-59(57-66-60(63)54-51-48-45-15-12-9-6-3)68-62(65)56-53-50-47-44-42-39-21-19-17-14-11-8-5-2/h59H,4-58H2,1-3H3. The Bertz CT molecular complexity index is 1010. The quantitative estimate of drug-likeness (QED) is 0.0343. The maximum atomic E-state index is 12.8. The van der Waals surface area contributed by atoms with Crippen molar-refractivity contribution in [3.8, 4) is 0 Å². The minimum absolute atomic E-state index is 0.0620. The van der Waals surface area contributed by atoms with Gasteiger partial charge in [-0.1, -0.05) is 323 Å². The molecule has 0 fully saturated rings. The van der Waals surface area contributed by atoms with E-state index in [2.05, 4.69) is 20.8 Å². The van der Waals surface area contributed by atoms with E-state index in [1.807, 2.05) is 0 Å². The maximum absolute atomic E-state index is 12.8. The number of esters is 3. The first-order valence-electron chi connectivity index (χ1n) is 31.0. The highest BCUT2D eigenvalue weighted by Crippen LogP contribution is 2.18. The average Bonchev–Trinajstić information content (AvgIpc) is 3.34. The minimum atomic E-state index is -0.759. The molecule has 0 bridgehead atoms. The van der Waals surface area contributed by atoms with Crippen molar-refractivity contribution >= 4 is 17.9 Å². The van der Waals surface area contributed by atoms with Crippen molar-refractivity contribution in [2.45, 2.75) is 367 Å². The Morgan fingerprint density at radius 3 is 0.588 bits per heavy atom. The second-order valence-electron chi connectivity index (χ2n) is 21.3. The summed E-state index contributed by atoms with van der Waals surface area (Å²) in [5, 5.41) is 0. The van der Waals surface area contributed by atoms with E-state index in [1.54, 1.807) is 0 Å². The van der Waals surface area contributed by atoms with Gasteiger partial charge in [-0.05, 0) is 19.3 Å². The molecular formula is C62H120O6. The highest BCUT2D eigenvalue weighted by molar-refractivity contribution is 5.71. The third-order valence-corrected chi connectivity index (χ3v) is 14.4. The van der Waals surface area contributed by atoms with Crippen molar-refractivity contribution in [3.05, 3.63) is 0 Å². The molecule has 6 nitrogen and oxygen atoms in total. The van der Waals surface area contributed by atoms with Crippen molar-refractivity contribution in [1.29, 1.82) is 0 Å². The van der Waals surface area contributed by atoms with Gasteiger partial charge in [0.15, 0.2) is 6.10 Å². The summed E-state index contributed by atoms with van der Waals surface area (Å²) in [6, 6.07) is 0. The second kappa shape index (κ2) is 58.0. The Morgan fingerprint density at radius 2 is 0.397 bits per heavy atom. The van der Waals surface area contributed by atoms with Crippen LogP contribution < -0.4 is 0 Å². The molecule has 0 rings (SSSR count). The Balaban J connectivity index is 3.93. The Morgan fingerprint density at radius 1 is 0.235 bits per heavy atom. The lowest BCUT2D eigenvalue weighted by molar-refractivity contribution is -0.167. The van der Waals surface area contributed by atoms with Crippen LogP contribution in [0.5, 0.6) is 0 Å². The summed E-state index contributed by atoms with van der Waals surface area (Å²) in [5.41, 5.74) is 0. The molecule has 0 amide bonds. The second-order valence-corrected chi connectivity index (χ2v) is 21.3. The first-order chi connectivity index (χ1) is 33.5. The number of hydrogen-bond donors (Lipinski definition) is 0. The van der Waals surface area contributed by atoms with Gasteiger partial charge in [0.25, 0.3) is 0 Å². The van der Waals surface area contributed by atoms with E-state index in [1.165, 1.54) is 263 Å². The summed E-state index contributed by atoms with van der Waals surface area (Å²) >= 11 is 0. The highest BCUT2D eigenvalue weighted by Gasteiger charge is 2.19. The van der Waals surface area contributed by atoms with Gasteiger partial charge in [-0.15, -0.1) is 0 Å². The molecule has 0 N–H and O–H groups in total. The van der Waals surface area contributed by atoms with Crippen molar-refractivity contribution in [2.75, 3.05) is 13.2 Å². The first-order valence-corrected chi connectivity index (χ1v) is 31.0. The molecule has 0 saturated carbocycles. The molecule has 0 spiro atoms. The molecule has 6 heteroatoms. The molecule has 0 aliphatic carbocycles. The van der Waals surface area contributed by atoms with E-state index in [0.29, 0.717) is 19.3 Å². The number of hydrogen-bond acceptors (Lipinski definition) is 6. The van der Waals surface area contributed by atoms with Crippen LogP contribution >= 0.6 is 0 Å². The predicted molar refractivity (Wildman–Crippen MR) is 294 cm³/mol. The number of carbonyl (C=O) groups is 3. The Kier molecular flexibility index (Phi) is 56.6. The number of ether oxygens (including phenoxy) is 3. The lowest BCUT2D eigenvalue weighted by atomic mass is 10.0. The van der Waals surface area contributed by atoms with Gasteiger partial charge in [-0.3, -0.25) is 14.4 Å². The molecule has 0 radical (unpaired) electrons. The third-order valence-electron chi connectivity index (χ3n) is 14.4. The van der Waals surface area contributed by atoms with Crippen LogP contribution in [0.2, 0.25) is 0 Å². The molecule has 0 aliphatic heterocycles. The van der Waals surface area contributed by atoms with Gasteiger partial charge in [0.2, 0.25) is 0 Å². The Hall–Kier alpha value is -1.59. The summed E-state index contributed by atoms with van der Waals surface area (Å²) in [6.45, 7) is 6.66. The van der Waals surface area contributed by atoms with E-state index in [-0.39, 0.29) is 31.1 Å². The van der Waals surface area contributed by atoms with E-state index >= 15 is 0 Å². The van der Waals surface area contributed by atoms with Crippen LogP contribution in [-0.4, -0.2) is 37.2 Å². The van der Waals surface area contributed by atoms with Gasteiger partial charge in [-0.2, -0.15) is 0 Å². The van der Waals surface area contributed by atoms with Crippen LogP contribution in [0.15, 0.2) is 0 Å². The van der Waals surface area contributed by atoms with Gasteiger partial charge in [0.1, 0.15) is 13.2 Å². The van der Waals surface area contributed by atoms with Crippen LogP contribution in [0, 0.1) is 0 Å². The first kappa shape index (κ1) is 66.4. The molecule has 0 aromatic heterocycles. The fourth-order valence-corrected chi connectivity index (χ4v) is 9.68. The fourth-order valence-electron chi connectivity index (χ4n) is 9.68. The summed E-state index contributed by atoms with van der Waals surface area (Å²) in [4.78, 5) is 37.9. The van der Waals surface area contributed by atoms with Crippen LogP contribution in [-0.2, 0) is 28.6 Å². The fraction of sp³-hybridized carbons (Fsp3) is 0.952. The third kappa shape index (κ3) is 55.3. The van der Waals surface area contributed by atoms with Gasteiger partial charge in [0.05, 0.1) is 0 Å². The zero-order valence-corrected chi connectivity index (χ0v) is 46.4. The number of rotatable bonds is 58. The smallest absolute Gasteiger partial charge is 0.306 e. The van der Waals surface area contributed by atoms with E-state index in [4.69, 9.17) is 14.2 Å². The molecule has 1 unspecified atom stereocenters. The molecular weight excluding hydrogens is 841 g/mol. The number of carbonyl (C=O) groups excluding carboxylic acids is 3. The highest BCUT2D eigenvalue weighted by atomic mass is 16.6. The van der Waals surface area contributed by atoms with Crippen LogP contribution in [0.25, 0.3) is 0 Å². The normalized spacial score (nSPS) is 11.9. The largest absolute Gasteiger partial charge is 0.462 e. The van der Waals surface area contributed by atoms with Crippen LogP contribution in [0.4, 0.5) is 0 Å². The SMILES string of the molecule is CCCCCCCCCCCCCCCCCCCCCCCCCCCCCCCCC(=O)OCC(COC(=O)CCCCCCCCC)OC(=O)CCCCCCCCCCCCCCC. The lowest BCUT2D eigenvalue weighted by Crippen LogP contribution is -2.30. The van der Waals surface area contributed by atoms with Gasteiger partial charge in [0, 0.05) is 19.3 Å². The van der Waals surface area contributed by atoms with Crippen molar-refractivity contribution in [3.63, 3.8) is 0 Å². The monoisotopic (exact) mass is 961 g/mol. The molecule has 1 atom stereocenters. The van der Waals surface area contributed by atoms with Crippen molar-refractivity contribution in [2.24, 2.45) is 0 Å². The molecule has 0 aliphatic rings. The van der Waals surface area contributed by atoms with Gasteiger partial charge in [-0.25, -0.2) is 0 Å². The molecule has 0 saturated heterocycles. The Labute approximate surface area is 425 Å². The van der Waals surface area contributed by atoms with Crippen molar-refractivity contribution < 1.29 is 28.6 Å². The minimum Gasteiger partial charge on any atom is -0.462 e. The number of unbranched alkanes of at least 4 members (excludes halogenated alkanes) is 47. The molecule has 0 aromatic rings. The molecule has 0 heterocycles. The topological polar surface area (TPSA) is 78.9 Å². The maximum Gasteiger partial charge on any atom is 0.306 e. The molecule has 0 aromatic carbocycles. The van der Waals surface area contributed by atoms with E-state index < -0.39 is 6.10 Å². The molecule has 68 heavy (non-hydrogen) atoms. The molecule has 404 valence electrons. The average molecular weight is 962 g/mol.